The van der Waals surface area contributed by atoms with E-state index < -0.39 is 0 Å². The van der Waals surface area contributed by atoms with E-state index in [-0.39, 0.29) is 24.3 Å². The molecular formula is C16H20FN5O2. The van der Waals surface area contributed by atoms with Crippen molar-refractivity contribution < 1.29 is 13.7 Å². The van der Waals surface area contributed by atoms with Crippen molar-refractivity contribution in [3.05, 3.63) is 41.6 Å². The summed E-state index contributed by atoms with van der Waals surface area (Å²) in [6.07, 6.45) is 5.29. The number of likely N-dealkylation sites (tertiary alicyclic amines) is 1. The lowest BCUT2D eigenvalue weighted by molar-refractivity contribution is -0.133. The number of halogens is 1. The molecule has 2 aromatic rings. The molecule has 1 aliphatic rings. The second kappa shape index (κ2) is 7.48. The first-order chi connectivity index (χ1) is 11.6. The van der Waals surface area contributed by atoms with E-state index in [0.29, 0.717) is 30.4 Å². The molecule has 7 nitrogen and oxygen atoms in total. The summed E-state index contributed by atoms with van der Waals surface area (Å²) < 4.78 is 18.8. The maximum Gasteiger partial charge on any atom is 0.246 e. The predicted molar refractivity (Wildman–Crippen MR) is 83.1 cm³/mol. The normalized spacial score (nSPS) is 18.7. The molecule has 2 aromatic heterocycles. The molecule has 1 N–H and O–H groups in total. The zero-order valence-electron chi connectivity index (χ0n) is 13.5. The number of hydrogen-bond acceptors (Lipinski definition) is 6. The van der Waals surface area contributed by atoms with E-state index in [1.165, 1.54) is 6.20 Å². The molecule has 1 fully saturated rings. The standard InChI is InChI=1S/C16H20FN5O2/c1-11-20-15(24-21-11)10-22-7-3-2-4-14(16(22)23)19-8-12-5-6-18-9-13(12)17/h5-6,9,14,19H,2-4,7-8,10H2,1H3. The molecule has 1 amide bonds. The Bertz CT molecular complexity index is 705. The first kappa shape index (κ1) is 16.5. The molecule has 0 bridgehead atoms. The number of hydrogen-bond donors (Lipinski definition) is 1. The molecule has 24 heavy (non-hydrogen) atoms. The van der Waals surface area contributed by atoms with Crippen LogP contribution in [0.4, 0.5) is 4.39 Å². The van der Waals surface area contributed by atoms with Crippen molar-refractivity contribution in [2.24, 2.45) is 0 Å². The van der Waals surface area contributed by atoms with Gasteiger partial charge in [0.25, 0.3) is 0 Å². The summed E-state index contributed by atoms with van der Waals surface area (Å²) in [5.41, 5.74) is 0.501. The summed E-state index contributed by atoms with van der Waals surface area (Å²) in [5.74, 6) is 0.596. The van der Waals surface area contributed by atoms with Crippen LogP contribution in [0.2, 0.25) is 0 Å². The fourth-order valence-corrected chi connectivity index (χ4v) is 2.80. The fourth-order valence-electron chi connectivity index (χ4n) is 2.80. The lowest BCUT2D eigenvalue weighted by atomic mass is 10.1. The van der Waals surface area contributed by atoms with Crippen molar-refractivity contribution in [2.75, 3.05) is 6.54 Å². The number of nitrogens with zero attached hydrogens (tertiary/aromatic N) is 4. The Morgan fingerprint density at radius 1 is 1.46 bits per heavy atom. The average molecular weight is 333 g/mol. The molecule has 0 radical (unpaired) electrons. The summed E-state index contributed by atoms with van der Waals surface area (Å²) >= 11 is 0. The van der Waals surface area contributed by atoms with Crippen molar-refractivity contribution in [2.45, 2.75) is 45.3 Å². The molecule has 1 aliphatic heterocycles. The van der Waals surface area contributed by atoms with Gasteiger partial charge < -0.3 is 14.7 Å². The van der Waals surface area contributed by atoms with E-state index in [1.807, 2.05) is 0 Å². The number of pyridine rings is 1. The van der Waals surface area contributed by atoms with Crippen LogP contribution in [0, 0.1) is 12.7 Å². The number of aromatic nitrogens is 3. The highest BCUT2D eigenvalue weighted by molar-refractivity contribution is 5.82. The van der Waals surface area contributed by atoms with Gasteiger partial charge in [-0.25, -0.2) is 4.39 Å². The Balaban J connectivity index is 1.64. The van der Waals surface area contributed by atoms with Crippen LogP contribution >= 0.6 is 0 Å². The van der Waals surface area contributed by atoms with Gasteiger partial charge in [0.15, 0.2) is 5.82 Å². The quantitative estimate of drug-likeness (QED) is 0.894. The van der Waals surface area contributed by atoms with Crippen LogP contribution in [0.5, 0.6) is 0 Å². The third-order valence-electron chi connectivity index (χ3n) is 4.07. The monoisotopic (exact) mass is 333 g/mol. The molecule has 8 heteroatoms. The van der Waals surface area contributed by atoms with Gasteiger partial charge in [-0.3, -0.25) is 9.78 Å². The highest BCUT2D eigenvalue weighted by Gasteiger charge is 2.28. The minimum Gasteiger partial charge on any atom is -0.337 e. The third-order valence-corrected chi connectivity index (χ3v) is 4.07. The molecular weight excluding hydrogens is 313 g/mol. The Morgan fingerprint density at radius 3 is 3.08 bits per heavy atom. The minimum absolute atomic E-state index is 0.0159. The lowest BCUT2D eigenvalue weighted by Crippen LogP contribution is -2.44. The van der Waals surface area contributed by atoms with Crippen molar-refractivity contribution in [1.29, 1.82) is 0 Å². The Labute approximate surface area is 139 Å². The molecule has 0 saturated carbocycles. The van der Waals surface area contributed by atoms with Crippen LogP contribution in [0.25, 0.3) is 0 Å². The summed E-state index contributed by atoms with van der Waals surface area (Å²) in [4.78, 5) is 22.3. The van der Waals surface area contributed by atoms with Gasteiger partial charge in [0.05, 0.1) is 12.2 Å². The van der Waals surface area contributed by atoms with Gasteiger partial charge in [0.1, 0.15) is 12.4 Å². The SMILES string of the molecule is Cc1noc(CN2CCCCC(NCc3ccncc3F)C2=O)n1. The van der Waals surface area contributed by atoms with E-state index in [4.69, 9.17) is 4.52 Å². The summed E-state index contributed by atoms with van der Waals surface area (Å²) in [6, 6.07) is 1.27. The van der Waals surface area contributed by atoms with Gasteiger partial charge in [-0.2, -0.15) is 4.98 Å². The second-order valence-electron chi connectivity index (χ2n) is 5.89. The maximum absolute atomic E-state index is 13.7. The number of nitrogens with one attached hydrogen (secondary N) is 1. The highest BCUT2D eigenvalue weighted by Crippen LogP contribution is 2.16. The predicted octanol–water partition coefficient (Wildman–Crippen LogP) is 1.58. The summed E-state index contributed by atoms with van der Waals surface area (Å²) in [7, 11) is 0. The maximum atomic E-state index is 13.7. The topological polar surface area (TPSA) is 84.2 Å². The zero-order chi connectivity index (χ0) is 16.9. The number of carbonyl (C=O) groups excluding carboxylic acids is 1. The van der Waals surface area contributed by atoms with E-state index in [1.54, 1.807) is 24.1 Å². The van der Waals surface area contributed by atoms with Crippen LogP contribution in [-0.2, 0) is 17.9 Å². The third kappa shape index (κ3) is 3.94. The van der Waals surface area contributed by atoms with Crippen LogP contribution in [0.3, 0.4) is 0 Å². The van der Waals surface area contributed by atoms with Crippen molar-refractivity contribution >= 4 is 5.91 Å². The van der Waals surface area contributed by atoms with E-state index in [2.05, 4.69) is 20.4 Å². The van der Waals surface area contributed by atoms with Gasteiger partial charge in [-0.05, 0) is 32.3 Å². The molecule has 1 unspecified atom stereocenters. The minimum atomic E-state index is -0.371. The van der Waals surface area contributed by atoms with Gasteiger partial charge >= 0.3 is 0 Å². The number of rotatable bonds is 5. The van der Waals surface area contributed by atoms with Crippen molar-refractivity contribution in [3.8, 4) is 0 Å². The molecule has 0 aliphatic carbocycles. The molecule has 1 atom stereocenters. The van der Waals surface area contributed by atoms with Crippen molar-refractivity contribution in [1.82, 2.24) is 25.3 Å². The Morgan fingerprint density at radius 2 is 2.33 bits per heavy atom. The van der Waals surface area contributed by atoms with Crippen LogP contribution in [0.15, 0.2) is 23.0 Å². The van der Waals surface area contributed by atoms with Crippen LogP contribution in [-0.4, -0.2) is 38.5 Å². The summed E-state index contributed by atoms with van der Waals surface area (Å²) in [6.45, 7) is 2.99. The fraction of sp³-hybridized carbons (Fsp3) is 0.500. The summed E-state index contributed by atoms with van der Waals surface area (Å²) in [5, 5.41) is 6.91. The average Bonchev–Trinajstić information content (AvgIpc) is 2.90. The Hall–Kier alpha value is -2.35. The Kier molecular flexibility index (Phi) is 5.14. The molecule has 3 rings (SSSR count). The van der Waals surface area contributed by atoms with Gasteiger partial charge in [-0.15, -0.1) is 0 Å². The lowest BCUT2D eigenvalue weighted by Gasteiger charge is -2.23. The molecule has 128 valence electrons. The smallest absolute Gasteiger partial charge is 0.246 e. The van der Waals surface area contributed by atoms with E-state index in [9.17, 15) is 9.18 Å². The number of aryl methyl sites for hydroxylation is 1. The highest BCUT2D eigenvalue weighted by atomic mass is 19.1. The molecule has 0 aromatic carbocycles. The first-order valence-corrected chi connectivity index (χ1v) is 8.03. The van der Waals surface area contributed by atoms with Gasteiger partial charge in [-0.1, -0.05) is 5.16 Å². The van der Waals surface area contributed by atoms with Crippen molar-refractivity contribution in [3.63, 3.8) is 0 Å². The first-order valence-electron chi connectivity index (χ1n) is 8.03. The second-order valence-corrected chi connectivity index (χ2v) is 5.89. The van der Waals surface area contributed by atoms with Crippen LogP contribution < -0.4 is 5.32 Å². The number of amides is 1. The molecule has 3 heterocycles. The van der Waals surface area contributed by atoms with E-state index in [0.717, 1.165) is 19.3 Å². The van der Waals surface area contributed by atoms with Gasteiger partial charge in [0, 0.05) is 24.8 Å². The van der Waals surface area contributed by atoms with Gasteiger partial charge in [0.2, 0.25) is 11.8 Å². The number of carbonyl (C=O) groups is 1. The largest absolute Gasteiger partial charge is 0.337 e. The molecule has 1 saturated heterocycles. The van der Waals surface area contributed by atoms with Crippen LogP contribution in [0.1, 0.15) is 36.5 Å². The molecule has 0 spiro atoms. The zero-order valence-corrected chi connectivity index (χ0v) is 13.5. The van der Waals surface area contributed by atoms with E-state index >= 15 is 0 Å².